The summed E-state index contributed by atoms with van der Waals surface area (Å²) >= 11 is 0.194. The normalized spacial score (nSPS) is 23.3. The molecule has 0 saturated heterocycles. The van der Waals surface area contributed by atoms with E-state index in [1.54, 1.807) is 0 Å². The van der Waals surface area contributed by atoms with Crippen molar-refractivity contribution in [1.82, 2.24) is 5.32 Å². The Bertz CT molecular complexity index is 385. The fraction of sp³-hybridized carbons (Fsp3) is 0.750. The summed E-state index contributed by atoms with van der Waals surface area (Å²) in [7, 11) is 0. The van der Waals surface area contributed by atoms with E-state index in [-0.39, 0.29) is 11.8 Å². The standard InChI is InChI=1S/C8H15NO3S/c1-3-4-13-5-7(8(11)12)9-6(2)10/h7H,3-5H2,1-2H3,(H,9,10)(H,11,12)/t7-/m1/s1/i1D3,3D2,4D2. The number of rotatable bonds is 6. The van der Waals surface area contributed by atoms with Gasteiger partial charge in [-0.3, -0.25) is 4.79 Å². The summed E-state index contributed by atoms with van der Waals surface area (Å²) in [6, 6.07) is -1.43. The molecule has 0 aromatic rings. The van der Waals surface area contributed by atoms with E-state index in [0.29, 0.717) is 0 Å². The van der Waals surface area contributed by atoms with Gasteiger partial charge < -0.3 is 10.4 Å². The first-order valence-corrected chi connectivity index (χ1v) is 4.35. The number of hydrogen-bond donors (Lipinski definition) is 2. The third kappa shape index (κ3) is 6.45. The van der Waals surface area contributed by atoms with Gasteiger partial charge in [-0.25, -0.2) is 4.79 Å². The van der Waals surface area contributed by atoms with E-state index in [1.807, 2.05) is 0 Å². The first-order chi connectivity index (χ1) is 8.72. The summed E-state index contributed by atoms with van der Waals surface area (Å²) < 4.78 is 50.7. The molecule has 0 unspecified atom stereocenters. The van der Waals surface area contributed by atoms with Gasteiger partial charge >= 0.3 is 5.97 Å². The number of carbonyl (C=O) groups is 2. The molecular weight excluding hydrogens is 190 g/mol. The summed E-state index contributed by atoms with van der Waals surface area (Å²) in [4.78, 5) is 21.6. The summed E-state index contributed by atoms with van der Waals surface area (Å²) in [5.74, 6) is -2.56. The number of amides is 1. The van der Waals surface area contributed by atoms with Gasteiger partial charge in [0.1, 0.15) is 6.04 Å². The second kappa shape index (κ2) is 6.77. The van der Waals surface area contributed by atoms with Gasteiger partial charge in [0.2, 0.25) is 5.91 Å². The van der Waals surface area contributed by atoms with Crippen molar-refractivity contribution in [1.29, 1.82) is 0 Å². The predicted molar refractivity (Wildman–Crippen MR) is 52.9 cm³/mol. The van der Waals surface area contributed by atoms with Crippen LogP contribution in [0.25, 0.3) is 0 Å². The van der Waals surface area contributed by atoms with Crippen LogP contribution >= 0.6 is 11.8 Å². The topological polar surface area (TPSA) is 66.4 Å². The zero-order chi connectivity index (χ0) is 16.4. The van der Waals surface area contributed by atoms with Gasteiger partial charge in [-0.05, 0) is 12.1 Å². The van der Waals surface area contributed by atoms with E-state index in [0.717, 1.165) is 6.92 Å². The van der Waals surface area contributed by atoms with E-state index < -0.39 is 42.6 Å². The van der Waals surface area contributed by atoms with Crippen molar-refractivity contribution in [3.05, 3.63) is 0 Å². The zero-order valence-electron chi connectivity index (χ0n) is 14.0. The minimum atomic E-state index is -3.20. The van der Waals surface area contributed by atoms with Crippen LogP contribution in [-0.2, 0) is 9.59 Å². The highest BCUT2D eigenvalue weighted by molar-refractivity contribution is 7.99. The molecule has 1 amide bonds. The minimum Gasteiger partial charge on any atom is -0.480 e. The summed E-state index contributed by atoms with van der Waals surface area (Å²) in [5, 5.41) is 10.9. The van der Waals surface area contributed by atoms with Gasteiger partial charge in [-0.15, -0.1) is 0 Å². The van der Waals surface area contributed by atoms with Gasteiger partial charge in [0.05, 0.1) is 0 Å². The highest BCUT2D eigenvalue weighted by Crippen LogP contribution is 2.04. The second-order valence-electron chi connectivity index (χ2n) is 2.13. The maximum atomic E-state index is 10.8. The number of carboxylic acid groups (broad SMARTS) is 1. The molecule has 5 heteroatoms. The molecule has 0 radical (unpaired) electrons. The maximum absolute atomic E-state index is 10.8. The van der Waals surface area contributed by atoms with E-state index >= 15 is 0 Å². The van der Waals surface area contributed by atoms with Crippen molar-refractivity contribution in [2.24, 2.45) is 0 Å². The first kappa shape index (κ1) is 4.68. The Kier molecular flexibility index (Phi) is 2.44. The Hall–Kier alpha value is -0.710. The molecule has 13 heavy (non-hydrogen) atoms. The van der Waals surface area contributed by atoms with Crippen molar-refractivity contribution >= 4 is 23.6 Å². The Morgan fingerprint density at radius 3 is 2.92 bits per heavy atom. The number of hydrogen-bond acceptors (Lipinski definition) is 3. The van der Waals surface area contributed by atoms with Crippen LogP contribution in [0.1, 0.15) is 29.7 Å². The molecule has 0 aromatic carbocycles. The van der Waals surface area contributed by atoms with Crippen LogP contribution in [-0.4, -0.2) is 34.5 Å². The lowest BCUT2D eigenvalue weighted by Crippen LogP contribution is -2.41. The highest BCUT2D eigenvalue weighted by Gasteiger charge is 2.17. The smallest absolute Gasteiger partial charge is 0.327 e. The molecule has 0 fully saturated rings. The quantitative estimate of drug-likeness (QED) is 0.681. The Morgan fingerprint density at radius 1 is 1.77 bits per heavy atom. The molecule has 4 nitrogen and oxygen atoms in total. The van der Waals surface area contributed by atoms with Crippen LogP contribution in [0, 0.1) is 0 Å². The average Bonchev–Trinajstić information content (AvgIpc) is 2.21. The lowest BCUT2D eigenvalue weighted by molar-refractivity contribution is -0.140. The minimum absolute atomic E-state index is 0.194. The Morgan fingerprint density at radius 2 is 2.46 bits per heavy atom. The number of carbonyl (C=O) groups excluding carboxylic acids is 1. The van der Waals surface area contributed by atoms with Crippen molar-refractivity contribution in [2.45, 2.75) is 26.2 Å². The molecule has 0 aliphatic rings. The summed E-state index contributed by atoms with van der Waals surface area (Å²) in [6.45, 7) is -2.12. The molecule has 2 N–H and O–H groups in total. The average molecular weight is 212 g/mol. The van der Waals surface area contributed by atoms with Gasteiger partial charge in [-0.2, -0.15) is 11.8 Å². The number of nitrogens with one attached hydrogen (secondary N) is 1. The first-order valence-electron chi connectivity index (χ1n) is 6.86. The van der Waals surface area contributed by atoms with Crippen LogP contribution in [0.2, 0.25) is 0 Å². The van der Waals surface area contributed by atoms with Gasteiger partial charge in [-0.1, -0.05) is 6.85 Å². The fourth-order valence-corrected chi connectivity index (χ4v) is 1.13. The van der Waals surface area contributed by atoms with Crippen molar-refractivity contribution < 1.29 is 24.3 Å². The fourth-order valence-electron chi connectivity index (χ4n) is 0.581. The zero-order valence-corrected chi connectivity index (χ0v) is 7.77. The molecule has 0 spiro atoms. The molecule has 76 valence electrons. The van der Waals surface area contributed by atoms with Crippen molar-refractivity contribution in [3.63, 3.8) is 0 Å². The van der Waals surface area contributed by atoms with Crippen LogP contribution in [0.4, 0.5) is 0 Å². The Labute approximate surface area is 91.9 Å². The number of carboxylic acids is 1. The SMILES string of the molecule is [2H]C([2H])([2H])C([2H])([2H])C([2H])([2H])SC[C@@H](NC(C)=O)C(=O)O. The lowest BCUT2D eigenvalue weighted by atomic mass is 10.3. The monoisotopic (exact) mass is 212 g/mol. The molecule has 0 saturated carbocycles. The molecule has 0 rings (SSSR count). The molecule has 0 aliphatic heterocycles. The Balaban J connectivity index is 4.93. The number of aliphatic carboxylic acids is 1. The summed E-state index contributed by atoms with van der Waals surface area (Å²) in [6.07, 6.45) is -3.16. The van der Waals surface area contributed by atoms with E-state index in [9.17, 15) is 9.59 Å². The molecule has 0 heterocycles. The predicted octanol–water partition coefficient (Wildman–Crippen LogP) is 0.719. The second-order valence-corrected chi connectivity index (χ2v) is 2.96. The van der Waals surface area contributed by atoms with Crippen LogP contribution < -0.4 is 5.32 Å². The van der Waals surface area contributed by atoms with Crippen LogP contribution in [0.3, 0.4) is 0 Å². The van der Waals surface area contributed by atoms with Crippen LogP contribution in [0.15, 0.2) is 0 Å². The van der Waals surface area contributed by atoms with Crippen molar-refractivity contribution in [3.8, 4) is 0 Å². The van der Waals surface area contributed by atoms with Gasteiger partial charge in [0.15, 0.2) is 0 Å². The molecule has 0 aliphatic carbocycles. The van der Waals surface area contributed by atoms with Crippen LogP contribution in [0.5, 0.6) is 0 Å². The van der Waals surface area contributed by atoms with E-state index in [2.05, 4.69) is 5.32 Å². The maximum Gasteiger partial charge on any atom is 0.327 e. The highest BCUT2D eigenvalue weighted by atomic mass is 32.2. The molecule has 1 atom stereocenters. The van der Waals surface area contributed by atoms with Crippen molar-refractivity contribution in [2.75, 3.05) is 11.5 Å². The molecule has 0 aromatic heterocycles. The van der Waals surface area contributed by atoms with Gasteiger partial charge in [0.25, 0.3) is 0 Å². The van der Waals surface area contributed by atoms with E-state index in [1.165, 1.54) is 0 Å². The molecule has 0 bridgehead atoms. The number of thioether (sulfide) groups is 1. The van der Waals surface area contributed by atoms with E-state index in [4.69, 9.17) is 14.7 Å². The third-order valence-electron chi connectivity index (χ3n) is 1.05. The third-order valence-corrected chi connectivity index (χ3v) is 1.80. The van der Waals surface area contributed by atoms with Gasteiger partial charge in [0, 0.05) is 22.3 Å². The summed E-state index contributed by atoms with van der Waals surface area (Å²) in [5.41, 5.74) is -2.84. The lowest BCUT2D eigenvalue weighted by Gasteiger charge is -2.11. The molecular formula is C8H15NO3S. The largest absolute Gasteiger partial charge is 0.480 e.